The highest BCUT2D eigenvalue weighted by Crippen LogP contribution is 2.18. The Morgan fingerprint density at radius 1 is 1.47 bits per heavy atom. The Morgan fingerprint density at radius 3 is 2.93 bits per heavy atom. The number of likely N-dealkylation sites (tertiary alicyclic amines) is 1. The first-order chi connectivity index (χ1) is 7.22. The Kier molecular flexibility index (Phi) is 6.22. The lowest BCUT2D eigenvalue weighted by Crippen LogP contribution is -2.38. The number of rotatable bonds is 6. The van der Waals surface area contributed by atoms with Crippen LogP contribution >= 0.6 is 0 Å². The number of nitrogens with zero attached hydrogens (tertiary/aromatic N) is 1. The zero-order valence-corrected chi connectivity index (χ0v) is 10.1. The highest BCUT2D eigenvalue weighted by molar-refractivity contribution is 4.72. The predicted molar refractivity (Wildman–Crippen MR) is 62.0 cm³/mol. The minimum absolute atomic E-state index is 0.334. The molecule has 0 radical (unpaired) electrons. The Hall–Kier alpha value is -0.120. The third-order valence-electron chi connectivity index (χ3n) is 3.00. The van der Waals surface area contributed by atoms with E-state index in [1.165, 1.54) is 19.4 Å². The fourth-order valence-electron chi connectivity index (χ4n) is 2.19. The van der Waals surface area contributed by atoms with E-state index in [4.69, 9.17) is 9.84 Å². The molecular weight excluding hydrogens is 190 g/mol. The molecule has 1 unspecified atom stereocenters. The van der Waals surface area contributed by atoms with Gasteiger partial charge in [-0.25, -0.2) is 0 Å². The van der Waals surface area contributed by atoms with Gasteiger partial charge in [0.25, 0.3) is 0 Å². The van der Waals surface area contributed by atoms with E-state index in [2.05, 4.69) is 18.7 Å². The summed E-state index contributed by atoms with van der Waals surface area (Å²) in [5.41, 5.74) is 0. The fourth-order valence-corrected chi connectivity index (χ4v) is 2.19. The SMILES string of the molecule is CC(C)OCCN1CCCC(CCO)C1. The highest BCUT2D eigenvalue weighted by Gasteiger charge is 2.18. The van der Waals surface area contributed by atoms with Crippen LogP contribution in [0.1, 0.15) is 33.1 Å². The summed E-state index contributed by atoms with van der Waals surface area (Å²) in [7, 11) is 0. The van der Waals surface area contributed by atoms with Gasteiger partial charge in [-0.05, 0) is 45.6 Å². The van der Waals surface area contributed by atoms with E-state index in [1.807, 2.05) is 0 Å². The van der Waals surface area contributed by atoms with Gasteiger partial charge in [0, 0.05) is 19.7 Å². The summed E-state index contributed by atoms with van der Waals surface area (Å²) < 4.78 is 5.55. The Labute approximate surface area is 93.4 Å². The summed E-state index contributed by atoms with van der Waals surface area (Å²) in [5.74, 6) is 0.697. The molecule has 0 aliphatic carbocycles. The van der Waals surface area contributed by atoms with Crippen LogP contribution in [0.25, 0.3) is 0 Å². The van der Waals surface area contributed by atoms with Crippen molar-refractivity contribution < 1.29 is 9.84 Å². The second kappa shape index (κ2) is 7.20. The van der Waals surface area contributed by atoms with E-state index in [0.717, 1.165) is 26.1 Å². The largest absolute Gasteiger partial charge is 0.396 e. The summed E-state index contributed by atoms with van der Waals surface area (Å²) in [6.45, 7) is 8.70. The van der Waals surface area contributed by atoms with Crippen LogP contribution in [0.2, 0.25) is 0 Å². The lowest BCUT2D eigenvalue weighted by molar-refractivity contribution is 0.0467. The molecule has 0 amide bonds. The van der Waals surface area contributed by atoms with Gasteiger partial charge in [-0.15, -0.1) is 0 Å². The highest BCUT2D eigenvalue weighted by atomic mass is 16.5. The van der Waals surface area contributed by atoms with Gasteiger partial charge in [0.2, 0.25) is 0 Å². The molecular formula is C12H25NO2. The van der Waals surface area contributed by atoms with Crippen LogP contribution in [0.5, 0.6) is 0 Å². The van der Waals surface area contributed by atoms with Crippen molar-refractivity contribution in [3.05, 3.63) is 0 Å². The third kappa shape index (κ3) is 5.50. The van der Waals surface area contributed by atoms with E-state index in [-0.39, 0.29) is 0 Å². The second-order valence-electron chi connectivity index (χ2n) is 4.74. The number of hydrogen-bond acceptors (Lipinski definition) is 3. The van der Waals surface area contributed by atoms with Gasteiger partial charge >= 0.3 is 0 Å². The standard InChI is InChI=1S/C12H25NO2/c1-11(2)15-9-7-13-6-3-4-12(10-13)5-8-14/h11-12,14H,3-10H2,1-2H3. The second-order valence-corrected chi connectivity index (χ2v) is 4.74. The molecule has 1 atom stereocenters. The lowest BCUT2D eigenvalue weighted by atomic mass is 9.95. The monoisotopic (exact) mass is 215 g/mol. The lowest BCUT2D eigenvalue weighted by Gasteiger charge is -2.32. The van der Waals surface area contributed by atoms with E-state index >= 15 is 0 Å². The number of aliphatic hydroxyl groups is 1. The molecule has 0 aromatic rings. The summed E-state index contributed by atoms with van der Waals surface area (Å²) in [6.07, 6.45) is 3.85. The smallest absolute Gasteiger partial charge is 0.0596 e. The van der Waals surface area contributed by atoms with Crippen LogP contribution in [-0.4, -0.2) is 49.0 Å². The topological polar surface area (TPSA) is 32.7 Å². The number of piperidine rings is 1. The zero-order chi connectivity index (χ0) is 11.1. The molecule has 0 bridgehead atoms. The van der Waals surface area contributed by atoms with Crippen molar-refractivity contribution in [2.75, 3.05) is 32.8 Å². The maximum atomic E-state index is 8.91. The van der Waals surface area contributed by atoms with Crippen LogP contribution in [0, 0.1) is 5.92 Å². The van der Waals surface area contributed by atoms with Crippen LogP contribution in [0.4, 0.5) is 0 Å². The first-order valence-corrected chi connectivity index (χ1v) is 6.17. The van der Waals surface area contributed by atoms with Crippen molar-refractivity contribution >= 4 is 0 Å². The van der Waals surface area contributed by atoms with Crippen molar-refractivity contribution in [2.45, 2.75) is 39.2 Å². The van der Waals surface area contributed by atoms with Crippen molar-refractivity contribution in [3.63, 3.8) is 0 Å². The van der Waals surface area contributed by atoms with Crippen molar-refractivity contribution in [1.29, 1.82) is 0 Å². The molecule has 1 rings (SSSR count). The molecule has 1 fully saturated rings. The molecule has 0 aromatic heterocycles. The quantitative estimate of drug-likeness (QED) is 0.729. The molecule has 1 saturated heterocycles. The fraction of sp³-hybridized carbons (Fsp3) is 1.00. The molecule has 3 nitrogen and oxygen atoms in total. The van der Waals surface area contributed by atoms with Gasteiger partial charge in [0.1, 0.15) is 0 Å². The van der Waals surface area contributed by atoms with Crippen LogP contribution in [-0.2, 0) is 4.74 Å². The summed E-state index contributed by atoms with van der Waals surface area (Å²) >= 11 is 0. The summed E-state index contributed by atoms with van der Waals surface area (Å²) in [6, 6.07) is 0. The maximum Gasteiger partial charge on any atom is 0.0596 e. The molecule has 0 spiro atoms. The molecule has 1 aliphatic rings. The van der Waals surface area contributed by atoms with Gasteiger partial charge in [0.15, 0.2) is 0 Å². The average molecular weight is 215 g/mol. The third-order valence-corrected chi connectivity index (χ3v) is 3.00. The Morgan fingerprint density at radius 2 is 2.27 bits per heavy atom. The van der Waals surface area contributed by atoms with Gasteiger partial charge in [-0.3, -0.25) is 0 Å². The summed E-state index contributed by atoms with van der Waals surface area (Å²) in [5, 5.41) is 8.91. The predicted octanol–water partition coefficient (Wildman–Crippen LogP) is 1.51. The van der Waals surface area contributed by atoms with Crippen molar-refractivity contribution in [3.8, 4) is 0 Å². The number of ether oxygens (including phenoxy) is 1. The molecule has 90 valence electrons. The van der Waals surface area contributed by atoms with E-state index in [9.17, 15) is 0 Å². The minimum Gasteiger partial charge on any atom is -0.396 e. The van der Waals surface area contributed by atoms with Crippen LogP contribution in [0.3, 0.4) is 0 Å². The number of hydrogen-bond donors (Lipinski definition) is 1. The Balaban J connectivity index is 2.12. The first kappa shape index (κ1) is 12.9. The van der Waals surface area contributed by atoms with Crippen LogP contribution < -0.4 is 0 Å². The van der Waals surface area contributed by atoms with Gasteiger partial charge in [-0.1, -0.05) is 0 Å². The molecule has 3 heteroatoms. The summed E-state index contributed by atoms with van der Waals surface area (Å²) in [4.78, 5) is 2.46. The van der Waals surface area contributed by atoms with Crippen LogP contribution in [0.15, 0.2) is 0 Å². The maximum absolute atomic E-state index is 8.91. The molecule has 1 aliphatic heterocycles. The normalized spacial score (nSPS) is 23.6. The molecule has 1 N–H and O–H groups in total. The van der Waals surface area contributed by atoms with E-state index < -0.39 is 0 Å². The molecule has 15 heavy (non-hydrogen) atoms. The van der Waals surface area contributed by atoms with Crippen molar-refractivity contribution in [1.82, 2.24) is 4.90 Å². The average Bonchev–Trinajstić information content (AvgIpc) is 2.18. The zero-order valence-electron chi connectivity index (χ0n) is 10.1. The molecule has 0 saturated carbocycles. The first-order valence-electron chi connectivity index (χ1n) is 6.17. The molecule has 1 heterocycles. The van der Waals surface area contributed by atoms with Crippen molar-refractivity contribution in [2.24, 2.45) is 5.92 Å². The number of aliphatic hydroxyl groups excluding tert-OH is 1. The van der Waals surface area contributed by atoms with E-state index in [1.54, 1.807) is 0 Å². The molecule has 0 aromatic carbocycles. The van der Waals surface area contributed by atoms with Gasteiger partial charge in [-0.2, -0.15) is 0 Å². The van der Waals surface area contributed by atoms with Gasteiger partial charge < -0.3 is 14.7 Å². The minimum atomic E-state index is 0.334. The van der Waals surface area contributed by atoms with Gasteiger partial charge in [0.05, 0.1) is 12.7 Å². The van der Waals surface area contributed by atoms with E-state index in [0.29, 0.717) is 18.6 Å². The Bertz CT molecular complexity index is 160.